The molecule has 1 amide bonds. The normalized spacial score (nSPS) is 14.9. The van der Waals surface area contributed by atoms with Gasteiger partial charge in [0.25, 0.3) is 0 Å². The Labute approximate surface area is 194 Å². The van der Waals surface area contributed by atoms with Crippen molar-refractivity contribution in [2.75, 3.05) is 25.4 Å². The summed E-state index contributed by atoms with van der Waals surface area (Å²) in [6.07, 6.45) is 5.68. The van der Waals surface area contributed by atoms with Crippen LogP contribution in [0.15, 0.2) is 17.0 Å². The van der Waals surface area contributed by atoms with Crippen molar-refractivity contribution in [2.24, 2.45) is 11.7 Å². The number of hydrogen-bond acceptors (Lipinski definition) is 7. The first-order chi connectivity index (χ1) is 14.5. The largest absolute Gasteiger partial charge is 0.396 e. The number of nitrogens with zero attached hydrogens (tertiary/aromatic N) is 1. The number of sulfonamides is 1. The van der Waals surface area contributed by atoms with Crippen molar-refractivity contribution in [1.29, 1.82) is 10.8 Å². The Morgan fingerprint density at radius 1 is 1.23 bits per heavy atom. The first kappa shape index (κ1) is 29.3. The maximum atomic E-state index is 12.0. The summed E-state index contributed by atoms with van der Waals surface area (Å²) in [4.78, 5) is 12.0. The highest BCUT2D eigenvalue weighted by Gasteiger charge is 2.19. The Kier molecular flexibility index (Phi) is 14.3. The molecule has 1 atom stereocenters. The molecule has 9 nitrogen and oxygen atoms in total. The van der Waals surface area contributed by atoms with Crippen molar-refractivity contribution >= 4 is 57.8 Å². The van der Waals surface area contributed by atoms with Crippen LogP contribution in [0.1, 0.15) is 33.1 Å². The fourth-order valence-corrected chi connectivity index (χ4v) is 4.44. The van der Waals surface area contributed by atoms with E-state index in [1.165, 1.54) is 25.0 Å². The van der Waals surface area contributed by atoms with E-state index in [1.807, 2.05) is 4.90 Å². The Bertz CT molecular complexity index is 786. The van der Waals surface area contributed by atoms with E-state index < -0.39 is 10.0 Å². The van der Waals surface area contributed by atoms with Crippen molar-refractivity contribution in [2.45, 2.75) is 44.0 Å². The standard InChI is InChI=1S/C10H15Cl2N3O2S.C7H13NO.C2H4N2/c1-6(2-3-13)15-18(16,17)7-4-8(11)10(14)9(12)5-7;1-7-2-4-8(6-9)5-3-7;3-1-2-4/h4-6,15H,2-3,13-14H2,1H3;6-7H,2-5H2,1H3;1-4H. The average Bonchev–Trinajstić information content (AvgIpc) is 2.72. The minimum atomic E-state index is -3.67. The number of rotatable bonds is 7. The van der Waals surface area contributed by atoms with Crippen LogP contribution >= 0.6 is 23.2 Å². The van der Waals surface area contributed by atoms with Gasteiger partial charge in [0.1, 0.15) is 0 Å². The number of anilines is 1. The quantitative estimate of drug-likeness (QED) is 0.222. The molecule has 7 N–H and O–H groups in total. The molecule has 1 aromatic rings. The number of amides is 1. The second-order valence-corrected chi connectivity index (χ2v) is 9.59. The lowest BCUT2D eigenvalue weighted by Gasteiger charge is -2.26. The van der Waals surface area contributed by atoms with Gasteiger partial charge in [0.15, 0.2) is 0 Å². The number of halogens is 2. The lowest BCUT2D eigenvalue weighted by atomic mass is 10.00. The smallest absolute Gasteiger partial charge is 0.240 e. The minimum Gasteiger partial charge on any atom is -0.396 e. The van der Waals surface area contributed by atoms with E-state index in [0.29, 0.717) is 13.0 Å². The van der Waals surface area contributed by atoms with Gasteiger partial charge in [-0.25, -0.2) is 13.1 Å². The van der Waals surface area contributed by atoms with E-state index >= 15 is 0 Å². The zero-order valence-electron chi connectivity index (χ0n) is 17.8. The SMILES string of the molecule is CC(CCN)NS(=O)(=O)c1cc(Cl)c(N)c(Cl)c1.CC1CCN(C=O)CC1.N=CC=N. The monoisotopic (exact) mass is 494 g/mol. The zero-order chi connectivity index (χ0) is 24.0. The summed E-state index contributed by atoms with van der Waals surface area (Å²) in [5, 5.41) is 12.4. The third-order valence-electron chi connectivity index (χ3n) is 4.37. The molecule has 0 aliphatic carbocycles. The molecule has 1 fully saturated rings. The molecular weight excluding hydrogens is 463 g/mol. The molecule has 12 heteroatoms. The lowest BCUT2D eigenvalue weighted by Crippen LogP contribution is -2.34. The Hall–Kier alpha value is -1.72. The number of nitrogen functional groups attached to an aromatic ring is 1. The molecule has 0 bridgehead atoms. The summed E-state index contributed by atoms with van der Waals surface area (Å²) in [6, 6.07) is 2.26. The summed E-state index contributed by atoms with van der Waals surface area (Å²) in [6.45, 7) is 6.29. The van der Waals surface area contributed by atoms with Gasteiger partial charge in [-0.2, -0.15) is 0 Å². The van der Waals surface area contributed by atoms with E-state index in [2.05, 4.69) is 11.6 Å². The molecule has 1 heterocycles. The van der Waals surface area contributed by atoms with Gasteiger partial charge in [0.05, 0.1) is 20.6 Å². The summed E-state index contributed by atoms with van der Waals surface area (Å²) >= 11 is 11.6. The highest BCUT2D eigenvalue weighted by Crippen LogP contribution is 2.30. The Morgan fingerprint density at radius 3 is 2.10 bits per heavy atom. The molecule has 0 saturated carbocycles. The number of nitrogens with two attached hydrogens (primary N) is 2. The van der Waals surface area contributed by atoms with Gasteiger partial charge in [-0.1, -0.05) is 30.1 Å². The predicted octanol–water partition coefficient (Wildman–Crippen LogP) is 2.75. The summed E-state index contributed by atoms with van der Waals surface area (Å²) in [7, 11) is -3.67. The maximum absolute atomic E-state index is 12.0. The maximum Gasteiger partial charge on any atom is 0.240 e. The van der Waals surface area contributed by atoms with Crippen LogP contribution in [0.3, 0.4) is 0 Å². The molecule has 31 heavy (non-hydrogen) atoms. The Morgan fingerprint density at radius 2 is 1.71 bits per heavy atom. The van der Waals surface area contributed by atoms with E-state index in [1.54, 1.807) is 6.92 Å². The number of benzene rings is 1. The van der Waals surface area contributed by atoms with Crippen molar-refractivity contribution < 1.29 is 13.2 Å². The first-order valence-electron chi connectivity index (χ1n) is 9.68. The van der Waals surface area contributed by atoms with E-state index in [9.17, 15) is 13.2 Å². The van der Waals surface area contributed by atoms with Crippen LogP contribution in [0.4, 0.5) is 5.69 Å². The summed E-state index contributed by atoms with van der Waals surface area (Å²) in [5.74, 6) is 0.821. The third-order valence-corrected chi connectivity index (χ3v) is 6.56. The number of likely N-dealkylation sites (tertiary alicyclic amines) is 1. The van der Waals surface area contributed by atoms with Crippen molar-refractivity contribution in [3.05, 3.63) is 22.2 Å². The molecule has 0 spiro atoms. The lowest BCUT2D eigenvalue weighted by molar-refractivity contribution is -0.119. The van der Waals surface area contributed by atoms with Crippen LogP contribution in [0.25, 0.3) is 0 Å². The third kappa shape index (κ3) is 11.5. The van der Waals surface area contributed by atoms with Gasteiger partial charge in [-0.3, -0.25) is 4.79 Å². The van der Waals surface area contributed by atoms with Crippen LogP contribution < -0.4 is 16.2 Å². The second kappa shape index (κ2) is 15.1. The van der Waals surface area contributed by atoms with E-state index in [-0.39, 0.29) is 26.7 Å². The van der Waals surface area contributed by atoms with Crippen LogP contribution in [-0.2, 0) is 14.8 Å². The van der Waals surface area contributed by atoms with Crippen LogP contribution in [0, 0.1) is 16.7 Å². The Balaban J connectivity index is 0.000000571. The second-order valence-electron chi connectivity index (χ2n) is 7.06. The molecule has 176 valence electrons. The predicted molar refractivity (Wildman–Crippen MR) is 128 cm³/mol. The molecule has 2 rings (SSSR count). The van der Waals surface area contributed by atoms with Gasteiger partial charge < -0.3 is 27.2 Å². The topological polar surface area (TPSA) is 166 Å². The summed E-state index contributed by atoms with van der Waals surface area (Å²) in [5.41, 5.74) is 11.1. The van der Waals surface area contributed by atoms with Gasteiger partial charge in [-0.15, -0.1) is 0 Å². The molecule has 1 unspecified atom stereocenters. The minimum absolute atomic E-state index is 0.0180. The number of carbonyl (C=O) groups excluding carboxylic acids is 1. The molecule has 1 aliphatic heterocycles. The summed E-state index contributed by atoms with van der Waals surface area (Å²) < 4.78 is 26.5. The number of nitrogens with one attached hydrogen (secondary N) is 3. The average molecular weight is 495 g/mol. The van der Waals surface area contributed by atoms with Crippen LogP contribution in [0.5, 0.6) is 0 Å². The van der Waals surface area contributed by atoms with E-state index in [0.717, 1.165) is 37.8 Å². The molecule has 0 radical (unpaired) electrons. The number of hydrogen-bond donors (Lipinski definition) is 5. The molecular formula is C19H32Cl2N6O3S. The molecule has 1 saturated heterocycles. The van der Waals surface area contributed by atoms with Crippen molar-refractivity contribution in [3.63, 3.8) is 0 Å². The number of carbonyl (C=O) groups is 1. The van der Waals surface area contributed by atoms with Gasteiger partial charge in [-0.05, 0) is 50.8 Å². The van der Waals surface area contributed by atoms with Crippen LogP contribution in [0.2, 0.25) is 10.0 Å². The van der Waals surface area contributed by atoms with Gasteiger partial charge in [0.2, 0.25) is 16.4 Å². The number of piperidine rings is 1. The fourth-order valence-electron chi connectivity index (χ4n) is 2.49. The van der Waals surface area contributed by atoms with Crippen LogP contribution in [-0.4, -0.2) is 57.8 Å². The fraction of sp³-hybridized carbons (Fsp3) is 0.526. The van der Waals surface area contributed by atoms with Gasteiger partial charge >= 0.3 is 0 Å². The van der Waals surface area contributed by atoms with E-state index in [4.69, 9.17) is 45.5 Å². The van der Waals surface area contributed by atoms with Crippen molar-refractivity contribution in [3.8, 4) is 0 Å². The van der Waals surface area contributed by atoms with Crippen molar-refractivity contribution in [1.82, 2.24) is 9.62 Å². The highest BCUT2D eigenvalue weighted by atomic mass is 35.5. The first-order valence-corrected chi connectivity index (χ1v) is 11.9. The molecule has 1 aromatic carbocycles. The zero-order valence-corrected chi connectivity index (χ0v) is 20.1. The molecule has 0 aromatic heterocycles. The molecule has 1 aliphatic rings. The van der Waals surface area contributed by atoms with Gasteiger partial charge in [0, 0.05) is 31.6 Å². The highest BCUT2D eigenvalue weighted by molar-refractivity contribution is 7.89.